The van der Waals surface area contributed by atoms with E-state index in [-0.39, 0.29) is 11.7 Å². The van der Waals surface area contributed by atoms with Crippen LogP contribution in [0.2, 0.25) is 0 Å². The summed E-state index contributed by atoms with van der Waals surface area (Å²) >= 11 is 1.24. The number of nitrogens with two attached hydrogens (primary N) is 1. The van der Waals surface area contributed by atoms with Gasteiger partial charge in [0, 0.05) is 11.4 Å². The Morgan fingerprint density at radius 3 is 2.81 bits per heavy atom. The predicted molar refractivity (Wildman–Crippen MR) is 105 cm³/mol. The van der Waals surface area contributed by atoms with E-state index in [1.54, 1.807) is 4.68 Å². The highest BCUT2D eigenvalue weighted by Gasteiger charge is 2.16. The van der Waals surface area contributed by atoms with Crippen molar-refractivity contribution in [2.45, 2.75) is 38.3 Å². The van der Waals surface area contributed by atoms with Crippen LogP contribution in [0, 0.1) is 13.8 Å². The molecule has 1 amide bonds. The molecule has 4 rings (SSSR count). The Kier molecular flexibility index (Phi) is 4.61. The van der Waals surface area contributed by atoms with Gasteiger partial charge in [0.1, 0.15) is 0 Å². The smallest absolute Gasteiger partial charge is 0.271 e. The van der Waals surface area contributed by atoms with Crippen molar-refractivity contribution in [1.29, 1.82) is 0 Å². The monoisotopic (exact) mass is 383 g/mol. The lowest BCUT2D eigenvalue weighted by molar-refractivity contribution is -0.113. The number of benzene rings is 1. The Hall–Kier alpha value is -2.81. The van der Waals surface area contributed by atoms with Crippen molar-refractivity contribution in [1.82, 2.24) is 24.7 Å². The van der Waals surface area contributed by atoms with Gasteiger partial charge in [-0.05, 0) is 62.4 Å². The maximum Gasteiger partial charge on any atom is 0.271 e. The highest BCUT2D eigenvalue weighted by Crippen LogP contribution is 2.25. The van der Waals surface area contributed by atoms with Gasteiger partial charge < -0.3 is 11.2 Å². The number of hydrogen-bond acceptors (Lipinski definition) is 6. The van der Waals surface area contributed by atoms with Gasteiger partial charge in [-0.2, -0.15) is 5.10 Å². The first-order valence-corrected chi connectivity index (χ1v) is 9.78. The van der Waals surface area contributed by atoms with E-state index in [4.69, 9.17) is 5.84 Å². The number of nitrogens with zero attached hydrogens (tertiary/aromatic N) is 5. The molecular formula is C18H21N7OS. The standard InChI is InChI=1S/C18H21N7OS/c1-11-8-12(2)25(23-11)17-21-22-18(24(17)19)27-10-16(26)20-15-7-6-13-4-3-5-14(13)9-15/h6-9H,3-5,10,19H2,1-2H3,(H,20,26). The molecule has 1 aromatic carbocycles. The molecule has 0 fully saturated rings. The molecule has 2 heterocycles. The molecule has 0 aliphatic heterocycles. The van der Waals surface area contributed by atoms with Crippen LogP contribution in [0.3, 0.4) is 0 Å². The van der Waals surface area contributed by atoms with Crippen LogP contribution in [0.15, 0.2) is 29.4 Å². The lowest BCUT2D eigenvalue weighted by Gasteiger charge is -2.07. The van der Waals surface area contributed by atoms with E-state index in [2.05, 4.69) is 32.7 Å². The normalized spacial score (nSPS) is 13.0. The van der Waals surface area contributed by atoms with Gasteiger partial charge >= 0.3 is 0 Å². The second-order valence-electron chi connectivity index (χ2n) is 6.67. The summed E-state index contributed by atoms with van der Waals surface area (Å²) in [6.45, 7) is 3.82. The summed E-state index contributed by atoms with van der Waals surface area (Å²) in [5, 5.41) is 15.9. The molecule has 1 aliphatic carbocycles. The molecule has 8 nitrogen and oxygen atoms in total. The Morgan fingerprint density at radius 2 is 2.04 bits per heavy atom. The van der Waals surface area contributed by atoms with Crippen LogP contribution in [-0.4, -0.2) is 36.3 Å². The number of aryl methyl sites for hydroxylation is 4. The van der Waals surface area contributed by atoms with Crippen LogP contribution in [-0.2, 0) is 17.6 Å². The van der Waals surface area contributed by atoms with Gasteiger partial charge in [0.15, 0.2) is 0 Å². The number of rotatable bonds is 5. The molecule has 2 aromatic heterocycles. The molecule has 3 N–H and O–H groups in total. The third-order valence-electron chi connectivity index (χ3n) is 4.56. The summed E-state index contributed by atoms with van der Waals surface area (Å²) in [6, 6.07) is 8.06. The average Bonchev–Trinajstić information content (AvgIpc) is 3.32. The van der Waals surface area contributed by atoms with Crippen LogP contribution < -0.4 is 11.2 Å². The summed E-state index contributed by atoms with van der Waals surface area (Å²) < 4.78 is 2.99. The molecule has 0 saturated heterocycles. The summed E-state index contributed by atoms with van der Waals surface area (Å²) in [7, 11) is 0. The van der Waals surface area contributed by atoms with Crippen molar-refractivity contribution >= 4 is 23.4 Å². The second-order valence-corrected chi connectivity index (χ2v) is 7.61. The van der Waals surface area contributed by atoms with E-state index in [0.717, 1.165) is 29.9 Å². The zero-order chi connectivity index (χ0) is 19.0. The third-order valence-corrected chi connectivity index (χ3v) is 5.50. The number of nitrogens with one attached hydrogen (secondary N) is 1. The van der Waals surface area contributed by atoms with Gasteiger partial charge in [0.25, 0.3) is 5.95 Å². The van der Waals surface area contributed by atoms with Gasteiger partial charge in [-0.15, -0.1) is 10.2 Å². The number of thioether (sulfide) groups is 1. The number of aromatic nitrogens is 5. The van der Waals surface area contributed by atoms with Gasteiger partial charge in [-0.1, -0.05) is 17.8 Å². The Bertz CT molecular complexity index is 1010. The highest BCUT2D eigenvalue weighted by atomic mass is 32.2. The van der Waals surface area contributed by atoms with Gasteiger partial charge in [0.05, 0.1) is 11.4 Å². The molecule has 0 saturated carbocycles. The van der Waals surface area contributed by atoms with E-state index in [9.17, 15) is 4.79 Å². The fourth-order valence-corrected chi connectivity index (χ4v) is 3.97. The minimum Gasteiger partial charge on any atom is -0.334 e. The zero-order valence-corrected chi connectivity index (χ0v) is 16.1. The number of nitrogen functional groups attached to an aromatic ring is 1. The first kappa shape index (κ1) is 17.6. The lowest BCUT2D eigenvalue weighted by Crippen LogP contribution is -2.18. The van der Waals surface area contributed by atoms with Gasteiger partial charge in [-0.3, -0.25) is 4.79 Å². The van der Waals surface area contributed by atoms with Gasteiger partial charge in [-0.25, -0.2) is 9.36 Å². The van der Waals surface area contributed by atoms with E-state index < -0.39 is 0 Å². The molecule has 9 heteroatoms. The molecule has 0 radical (unpaired) electrons. The number of amides is 1. The summed E-state index contributed by atoms with van der Waals surface area (Å²) in [5.41, 5.74) is 5.33. The van der Waals surface area contributed by atoms with Crippen LogP contribution >= 0.6 is 11.8 Å². The van der Waals surface area contributed by atoms with Crippen molar-refractivity contribution in [2.75, 3.05) is 16.9 Å². The predicted octanol–water partition coefficient (Wildman–Crippen LogP) is 2.01. The van der Waals surface area contributed by atoms with E-state index in [0.29, 0.717) is 11.1 Å². The van der Waals surface area contributed by atoms with Crippen LogP contribution in [0.4, 0.5) is 5.69 Å². The summed E-state index contributed by atoms with van der Waals surface area (Å²) in [6.07, 6.45) is 3.40. The van der Waals surface area contributed by atoms with Crippen LogP contribution in [0.25, 0.3) is 5.95 Å². The number of carbonyl (C=O) groups excluding carboxylic acids is 1. The van der Waals surface area contributed by atoms with E-state index in [1.807, 2.05) is 26.0 Å². The van der Waals surface area contributed by atoms with Crippen molar-refractivity contribution in [3.63, 3.8) is 0 Å². The number of fused-ring (bicyclic) bond motifs is 1. The van der Waals surface area contributed by atoms with Crippen molar-refractivity contribution in [3.8, 4) is 5.95 Å². The molecular weight excluding hydrogens is 362 g/mol. The van der Waals surface area contributed by atoms with Crippen LogP contribution in [0.5, 0.6) is 0 Å². The van der Waals surface area contributed by atoms with E-state index >= 15 is 0 Å². The summed E-state index contributed by atoms with van der Waals surface area (Å²) in [5.74, 6) is 6.61. The highest BCUT2D eigenvalue weighted by molar-refractivity contribution is 7.99. The van der Waals surface area contributed by atoms with Crippen molar-refractivity contribution in [3.05, 3.63) is 46.8 Å². The fraction of sp³-hybridized carbons (Fsp3) is 0.333. The molecule has 3 aromatic rings. The van der Waals surface area contributed by atoms with Gasteiger partial charge in [0.2, 0.25) is 11.1 Å². The maximum absolute atomic E-state index is 12.3. The molecule has 140 valence electrons. The first-order valence-electron chi connectivity index (χ1n) is 8.80. The Labute approximate surface area is 161 Å². The van der Waals surface area contributed by atoms with Crippen molar-refractivity contribution < 1.29 is 4.79 Å². The molecule has 1 aliphatic rings. The zero-order valence-electron chi connectivity index (χ0n) is 15.3. The number of hydrogen-bond donors (Lipinski definition) is 2. The Balaban J connectivity index is 1.40. The Morgan fingerprint density at radius 1 is 1.22 bits per heavy atom. The fourth-order valence-electron chi connectivity index (χ4n) is 3.32. The number of anilines is 1. The van der Waals surface area contributed by atoms with Crippen LogP contribution in [0.1, 0.15) is 28.9 Å². The van der Waals surface area contributed by atoms with Crippen molar-refractivity contribution in [2.24, 2.45) is 0 Å². The SMILES string of the molecule is Cc1cc(C)n(-c2nnc(SCC(=O)Nc3ccc4c(c3)CCC4)n2N)n1. The topological polar surface area (TPSA) is 104 Å². The maximum atomic E-state index is 12.3. The minimum absolute atomic E-state index is 0.103. The molecule has 0 spiro atoms. The molecule has 0 atom stereocenters. The average molecular weight is 383 g/mol. The minimum atomic E-state index is -0.103. The molecule has 0 bridgehead atoms. The third kappa shape index (κ3) is 3.55. The summed E-state index contributed by atoms with van der Waals surface area (Å²) in [4.78, 5) is 12.3. The molecule has 27 heavy (non-hydrogen) atoms. The second kappa shape index (κ2) is 7.07. The van der Waals surface area contributed by atoms with E-state index in [1.165, 1.54) is 34.0 Å². The lowest BCUT2D eigenvalue weighted by atomic mass is 10.1. The molecule has 0 unspecified atom stereocenters. The quantitative estimate of drug-likeness (QED) is 0.516. The first-order chi connectivity index (χ1) is 13.0. The number of carbonyl (C=O) groups is 1. The largest absolute Gasteiger partial charge is 0.334 e.